The highest BCUT2D eigenvalue weighted by atomic mass is 19.1. The van der Waals surface area contributed by atoms with Gasteiger partial charge in [-0.3, -0.25) is 5.43 Å². The van der Waals surface area contributed by atoms with Gasteiger partial charge in [0, 0.05) is 6.07 Å². The minimum absolute atomic E-state index is 0.0931. The molecule has 0 aliphatic carbocycles. The van der Waals surface area contributed by atoms with Crippen molar-refractivity contribution in [2.75, 3.05) is 19.1 Å². The maximum atomic E-state index is 13.4. The molecule has 1 N–H and O–H groups in total. The molecule has 0 bridgehead atoms. The third-order valence-corrected chi connectivity index (χ3v) is 2.82. The van der Waals surface area contributed by atoms with E-state index in [9.17, 15) is 8.78 Å². The van der Waals surface area contributed by atoms with Crippen molar-refractivity contribution in [1.29, 1.82) is 0 Å². The van der Waals surface area contributed by atoms with Gasteiger partial charge in [0.1, 0.15) is 5.82 Å². The minimum atomic E-state index is -0.707. The highest BCUT2D eigenvalue weighted by Gasteiger charge is 2.04. The van der Waals surface area contributed by atoms with E-state index in [-0.39, 0.29) is 5.69 Å². The van der Waals surface area contributed by atoms with Crippen molar-refractivity contribution in [1.82, 2.24) is 0 Å². The van der Waals surface area contributed by atoms with Crippen LogP contribution in [0, 0.1) is 11.6 Å². The number of hydrogen-bond donors (Lipinski definition) is 1. The molecule has 2 aromatic carbocycles. The van der Waals surface area contributed by atoms with E-state index in [1.165, 1.54) is 12.3 Å². The lowest BCUT2D eigenvalue weighted by Crippen LogP contribution is -1.97. The summed E-state index contributed by atoms with van der Waals surface area (Å²) in [5.41, 5.74) is 3.36. The highest BCUT2D eigenvalue weighted by molar-refractivity contribution is 5.81. The van der Waals surface area contributed by atoms with Gasteiger partial charge in [0.2, 0.25) is 0 Å². The number of hydrogen-bond acceptors (Lipinski definition) is 4. The van der Waals surface area contributed by atoms with Crippen LogP contribution in [0.25, 0.3) is 0 Å². The van der Waals surface area contributed by atoms with E-state index in [4.69, 9.17) is 9.47 Å². The SMILES string of the molecule is CCOc1ccc(/C=N\Nc2ccc(F)cc2F)cc1OC. The maximum absolute atomic E-state index is 13.4. The van der Waals surface area contributed by atoms with Crippen LogP contribution in [0.4, 0.5) is 14.5 Å². The molecule has 0 aliphatic rings. The second-order valence-electron chi connectivity index (χ2n) is 4.34. The third-order valence-electron chi connectivity index (χ3n) is 2.82. The first-order valence-corrected chi connectivity index (χ1v) is 6.69. The molecule has 0 spiro atoms. The summed E-state index contributed by atoms with van der Waals surface area (Å²) in [5.74, 6) is -0.122. The maximum Gasteiger partial charge on any atom is 0.161 e. The molecule has 116 valence electrons. The largest absolute Gasteiger partial charge is 0.493 e. The molecular formula is C16H16F2N2O2. The normalized spacial score (nSPS) is 10.7. The Morgan fingerprint density at radius 2 is 1.95 bits per heavy atom. The first-order valence-electron chi connectivity index (χ1n) is 6.69. The number of methoxy groups -OCH3 is 1. The molecule has 0 aromatic heterocycles. The van der Waals surface area contributed by atoms with Gasteiger partial charge in [0.05, 0.1) is 25.6 Å². The van der Waals surface area contributed by atoms with Gasteiger partial charge >= 0.3 is 0 Å². The van der Waals surface area contributed by atoms with Crippen molar-refractivity contribution in [3.63, 3.8) is 0 Å². The second-order valence-corrected chi connectivity index (χ2v) is 4.34. The molecule has 0 aliphatic heterocycles. The molecule has 0 atom stereocenters. The first-order chi connectivity index (χ1) is 10.6. The van der Waals surface area contributed by atoms with Crippen molar-refractivity contribution in [2.24, 2.45) is 5.10 Å². The predicted molar refractivity (Wildman–Crippen MR) is 81.7 cm³/mol. The van der Waals surface area contributed by atoms with Gasteiger partial charge < -0.3 is 9.47 Å². The summed E-state index contributed by atoms with van der Waals surface area (Å²) in [6, 6.07) is 8.53. The van der Waals surface area contributed by atoms with E-state index in [1.807, 2.05) is 6.92 Å². The average molecular weight is 306 g/mol. The Hall–Kier alpha value is -2.63. The van der Waals surface area contributed by atoms with E-state index >= 15 is 0 Å². The van der Waals surface area contributed by atoms with Gasteiger partial charge in [-0.05, 0) is 42.8 Å². The fourth-order valence-electron chi connectivity index (χ4n) is 1.80. The molecule has 22 heavy (non-hydrogen) atoms. The van der Waals surface area contributed by atoms with Crippen LogP contribution < -0.4 is 14.9 Å². The molecule has 0 heterocycles. The smallest absolute Gasteiger partial charge is 0.161 e. The molecular weight excluding hydrogens is 290 g/mol. The first kappa shape index (κ1) is 15.8. The molecule has 0 unspecified atom stereocenters. The van der Waals surface area contributed by atoms with Crippen molar-refractivity contribution in [3.05, 3.63) is 53.6 Å². The molecule has 0 amide bonds. The molecule has 0 saturated heterocycles. The van der Waals surface area contributed by atoms with Gasteiger partial charge in [0.15, 0.2) is 17.3 Å². The summed E-state index contributed by atoms with van der Waals surface area (Å²) in [6.07, 6.45) is 1.50. The van der Waals surface area contributed by atoms with Gasteiger partial charge in [-0.25, -0.2) is 8.78 Å². The fraction of sp³-hybridized carbons (Fsp3) is 0.188. The van der Waals surface area contributed by atoms with E-state index in [1.54, 1.807) is 25.3 Å². The Balaban J connectivity index is 2.09. The Morgan fingerprint density at radius 1 is 1.14 bits per heavy atom. The summed E-state index contributed by atoms with van der Waals surface area (Å²) >= 11 is 0. The van der Waals surface area contributed by atoms with Crippen molar-refractivity contribution in [2.45, 2.75) is 6.92 Å². The molecule has 2 rings (SSSR count). The van der Waals surface area contributed by atoms with Crippen LogP contribution in [0.1, 0.15) is 12.5 Å². The zero-order chi connectivity index (χ0) is 15.9. The lowest BCUT2D eigenvalue weighted by atomic mass is 10.2. The zero-order valence-electron chi connectivity index (χ0n) is 12.3. The van der Waals surface area contributed by atoms with Crippen LogP contribution in [0.15, 0.2) is 41.5 Å². The van der Waals surface area contributed by atoms with E-state index in [2.05, 4.69) is 10.5 Å². The van der Waals surface area contributed by atoms with E-state index < -0.39 is 11.6 Å². The van der Waals surface area contributed by atoms with Crippen LogP contribution in [0.5, 0.6) is 11.5 Å². The number of nitrogens with zero attached hydrogens (tertiary/aromatic N) is 1. The van der Waals surface area contributed by atoms with Gasteiger partial charge in [0.25, 0.3) is 0 Å². The molecule has 2 aromatic rings. The highest BCUT2D eigenvalue weighted by Crippen LogP contribution is 2.27. The lowest BCUT2D eigenvalue weighted by Gasteiger charge is -2.09. The number of halogens is 2. The Labute approximate surface area is 127 Å². The lowest BCUT2D eigenvalue weighted by molar-refractivity contribution is 0.311. The third kappa shape index (κ3) is 3.94. The van der Waals surface area contributed by atoms with E-state index in [0.29, 0.717) is 18.1 Å². The fourth-order valence-corrected chi connectivity index (χ4v) is 1.80. The monoisotopic (exact) mass is 306 g/mol. The number of nitrogens with one attached hydrogen (secondary N) is 1. The van der Waals surface area contributed by atoms with Gasteiger partial charge in [-0.2, -0.15) is 5.10 Å². The number of rotatable bonds is 6. The second kappa shape index (κ2) is 7.40. The number of anilines is 1. The standard InChI is InChI=1S/C16H16F2N2O2/c1-3-22-15-7-4-11(8-16(15)21-2)10-19-20-14-6-5-12(17)9-13(14)18/h4-10,20H,3H2,1-2H3/b19-10-. The predicted octanol–water partition coefficient (Wildman–Crippen LogP) is 3.82. The van der Waals surface area contributed by atoms with Crippen LogP contribution in [0.2, 0.25) is 0 Å². The Bertz CT molecular complexity index is 675. The van der Waals surface area contributed by atoms with Crippen LogP contribution in [0.3, 0.4) is 0 Å². The van der Waals surface area contributed by atoms with Crippen molar-refractivity contribution >= 4 is 11.9 Å². The molecule has 0 radical (unpaired) electrons. The summed E-state index contributed by atoms with van der Waals surface area (Å²) in [5, 5.41) is 3.92. The molecule has 4 nitrogen and oxygen atoms in total. The minimum Gasteiger partial charge on any atom is -0.493 e. The van der Waals surface area contributed by atoms with Gasteiger partial charge in [-0.1, -0.05) is 0 Å². The molecule has 6 heteroatoms. The van der Waals surface area contributed by atoms with E-state index in [0.717, 1.165) is 17.7 Å². The van der Waals surface area contributed by atoms with Crippen LogP contribution in [-0.2, 0) is 0 Å². The van der Waals surface area contributed by atoms with Crippen molar-refractivity contribution in [3.8, 4) is 11.5 Å². The Kier molecular flexibility index (Phi) is 5.30. The average Bonchev–Trinajstić information content (AvgIpc) is 2.51. The summed E-state index contributed by atoms with van der Waals surface area (Å²) in [6.45, 7) is 2.42. The zero-order valence-corrected chi connectivity index (χ0v) is 12.3. The van der Waals surface area contributed by atoms with Gasteiger partial charge in [-0.15, -0.1) is 0 Å². The quantitative estimate of drug-likeness (QED) is 0.652. The Morgan fingerprint density at radius 3 is 2.64 bits per heavy atom. The molecule has 0 saturated carbocycles. The van der Waals surface area contributed by atoms with Crippen molar-refractivity contribution < 1.29 is 18.3 Å². The molecule has 0 fully saturated rings. The summed E-state index contributed by atoms with van der Waals surface area (Å²) in [4.78, 5) is 0. The number of hydrazone groups is 1. The summed E-state index contributed by atoms with van der Waals surface area (Å²) < 4.78 is 36.8. The van der Waals surface area contributed by atoms with Crippen LogP contribution in [-0.4, -0.2) is 19.9 Å². The van der Waals surface area contributed by atoms with Crippen LogP contribution >= 0.6 is 0 Å². The number of ether oxygens (including phenoxy) is 2. The number of benzene rings is 2. The topological polar surface area (TPSA) is 42.8 Å². The summed E-state index contributed by atoms with van der Waals surface area (Å²) in [7, 11) is 1.55.